The fraction of sp³-hybridized carbons (Fsp3) is 0.455. The molecule has 0 aliphatic heterocycles. The van der Waals surface area contributed by atoms with Gasteiger partial charge < -0.3 is 10.3 Å². The van der Waals surface area contributed by atoms with Crippen LogP contribution in [0.25, 0.3) is 10.8 Å². The first-order valence-electron chi connectivity index (χ1n) is 5.47. The number of thiophene rings is 1. The molecule has 0 amide bonds. The van der Waals surface area contributed by atoms with Crippen LogP contribution in [0.15, 0.2) is 22.0 Å². The van der Waals surface area contributed by atoms with Gasteiger partial charge in [-0.25, -0.2) is 0 Å². The first-order valence-corrected chi connectivity index (χ1v) is 6.35. The highest BCUT2D eigenvalue weighted by molar-refractivity contribution is 7.13. The summed E-state index contributed by atoms with van der Waals surface area (Å²) in [5.41, 5.74) is 6.02. The highest BCUT2D eigenvalue weighted by Crippen LogP contribution is 2.33. The molecule has 4 nitrogen and oxygen atoms in total. The van der Waals surface area contributed by atoms with Crippen LogP contribution in [0.3, 0.4) is 0 Å². The lowest BCUT2D eigenvalue weighted by atomic mass is 10.0. The van der Waals surface area contributed by atoms with Gasteiger partial charge in [-0.1, -0.05) is 17.6 Å². The van der Waals surface area contributed by atoms with Gasteiger partial charge >= 0.3 is 0 Å². The number of hydrogen-bond acceptors (Lipinski definition) is 5. The molecule has 1 fully saturated rings. The second kappa shape index (κ2) is 3.99. The minimum atomic E-state index is 0.189. The van der Waals surface area contributed by atoms with Crippen molar-refractivity contribution >= 4 is 11.3 Å². The van der Waals surface area contributed by atoms with E-state index in [9.17, 15) is 0 Å². The maximum absolute atomic E-state index is 6.02. The molecule has 1 aliphatic rings. The second-order valence-electron chi connectivity index (χ2n) is 4.14. The molecule has 84 valence electrons. The average molecular weight is 235 g/mol. The zero-order chi connectivity index (χ0) is 11.0. The summed E-state index contributed by atoms with van der Waals surface area (Å²) in [4.78, 5) is 5.46. The van der Waals surface area contributed by atoms with Crippen LogP contribution < -0.4 is 5.73 Å². The summed E-state index contributed by atoms with van der Waals surface area (Å²) in [5.74, 6) is 1.66. The van der Waals surface area contributed by atoms with E-state index in [4.69, 9.17) is 10.3 Å². The zero-order valence-corrected chi connectivity index (χ0v) is 9.61. The summed E-state index contributed by atoms with van der Waals surface area (Å²) >= 11 is 1.61. The van der Waals surface area contributed by atoms with Crippen LogP contribution in [-0.2, 0) is 0 Å². The standard InChI is InChI=1S/C11H13N3OS/c12-8-4-1-3-7(8)10-13-11(15-14-10)9-5-2-6-16-9/h2,5-8H,1,3-4,12H2/t7-,8-/m0/s1. The van der Waals surface area contributed by atoms with Gasteiger partial charge in [0.25, 0.3) is 5.89 Å². The fourth-order valence-corrected chi connectivity index (χ4v) is 2.84. The van der Waals surface area contributed by atoms with Gasteiger partial charge in [0, 0.05) is 12.0 Å². The van der Waals surface area contributed by atoms with Gasteiger partial charge in [0.15, 0.2) is 5.82 Å². The molecule has 0 spiro atoms. The lowest BCUT2D eigenvalue weighted by molar-refractivity contribution is 0.412. The normalized spacial score (nSPS) is 25.1. The Morgan fingerprint density at radius 2 is 2.38 bits per heavy atom. The van der Waals surface area contributed by atoms with Gasteiger partial charge in [-0.15, -0.1) is 11.3 Å². The van der Waals surface area contributed by atoms with Crippen molar-refractivity contribution in [2.75, 3.05) is 0 Å². The molecule has 5 heteroatoms. The Morgan fingerprint density at radius 1 is 1.44 bits per heavy atom. The van der Waals surface area contributed by atoms with Crippen molar-refractivity contribution < 1.29 is 4.52 Å². The van der Waals surface area contributed by atoms with Crippen LogP contribution in [0, 0.1) is 0 Å². The van der Waals surface area contributed by atoms with Gasteiger partial charge in [-0.05, 0) is 24.3 Å². The minimum absolute atomic E-state index is 0.189. The van der Waals surface area contributed by atoms with Crippen molar-refractivity contribution in [2.45, 2.75) is 31.2 Å². The largest absolute Gasteiger partial charge is 0.333 e. The summed E-state index contributed by atoms with van der Waals surface area (Å²) in [6, 6.07) is 4.15. The monoisotopic (exact) mass is 235 g/mol. The van der Waals surface area contributed by atoms with Crippen LogP contribution >= 0.6 is 11.3 Å². The number of nitrogens with two attached hydrogens (primary N) is 1. The molecule has 2 heterocycles. The summed E-state index contributed by atoms with van der Waals surface area (Å²) in [7, 11) is 0. The highest BCUT2D eigenvalue weighted by Gasteiger charge is 2.29. The third kappa shape index (κ3) is 1.66. The Balaban J connectivity index is 1.88. The molecule has 0 radical (unpaired) electrons. The van der Waals surface area contributed by atoms with Gasteiger partial charge in [0.1, 0.15) is 0 Å². The number of rotatable bonds is 2. The average Bonchev–Trinajstić information content (AvgIpc) is 2.96. The predicted octanol–water partition coefficient (Wildman–Crippen LogP) is 2.39. The van der Waals surface area contributed by atoms with Crippen molar-refractivity contribution in [1.29, 1.82) is 0 Å². The first-order chi connectivity index (χ1) is 7.84. The van der Waals surface area contributed by atoms with Gasteiger partial charge in [0.2, 0.25) is 0 Å². The summed E-state index contributed by atoms with van der Waals surface area (Å²) < 4.78 is 5.26. The molecule has 2 atom stereocenters. The van der Waals surface area contributed by atoms with Crippen molar-refractivity contribution in [3.05, 3.63) is 23.3 Å². The Bertz CT molecular complexity index is 465. The molecule has 0 saturated heterocycles. The van der Waals surface area contributed by atoms with Crippen LogP contribution in [0.2, 0.25) is 0 Å². The van der Waals surface area contributed by atoms with Crippen LogP contribution in [0.4, 0.5) is 0 Å². The third-order valence-electron chi connectivity index (χ3n) is 3.07. The van der Waals surface area contributed by atoms with Crippen LogP contribution in [0.1, 0.15) is 31.0 Å². The summed E-state index contributed by atoms with van der Waals surface area (Å²) in [6.07, 6.45) is 3.30. The molecular weight excluding hydrogens is 222 g/mol. The molecule has 1 aliphatic carbocycles. The maximum atomic E-state index is 6.02. The smallest absolute Gasteiger partial charge is 0.267 e. The van der Waals surface area contributed by atoms with Crippen molar-refractivity contribution in [2.24, 2.45) is 5.73 Å². The quantitative estimate of drug-likeness (QED) is 0.868. The minimum Gasteiger partial charge on any atom is -0.333 e. The van der Waals surface area contributed by atoms with E-state index >= 15 is 0 Å². The van der Waals surface area contributed by atoms with E-state index in [0.29, 0.717) is 5.89 Å². The van der Waals surface area contributed by atoms with Gasteiger partial charge in [-0.3, -0.25) is 0 Å². The SMILES string of the molecule is N[C@H]1CCC[C@@H]1c1noc(-c2cccs2)n1. The fourth-order valence-electron chi connectivity index (χ4n) is 2.20. The Hall–Kier alpha value is -1.20. The molecular formula is C11H13N3OS. The van der Waals surface area contributed by atoms with Gasteiger partial charge in [0.05, 0.1) is 4.88 Å². The van der Waals surface area contributed by atoms with Crippen molar-refractivity contribution in [3.63, 3.8) is 0 Å². The molecule has 1 saturated carbocycles. The molecule has 16 heavy (non-hydrogen) atoms. The maximum Gasteiger partial charge on any atom is 0.267 e. The molecule has 0 aromatic carbocycles. The highest BCUT2D eigenvalue weighted by atomic mass is 32.1. The third-order valence-corrected chi connectivity index (χ3v) is 3.93. The van der Waals surface area contributed by atoms with E-state index < -0.39 is 0 Å². The molecule has 2 aromatic heterocycles. The molecule has 0 bridgehead atoms. The van der Waals surface area contributed by atoms with E-state index in [2.05, 4.69) is 10.1 Å². The molecule has 3 rings (SSSR count). The van der Waals surface area contributed by atoms with Crippen molar-refractivity contribution in [3.8, 4) is 10.8 Å². The number of hydrogen-bond donors (Lipinski definition) is 1. The van der Waals surface area contributed by atoms with Gasteiger partial charge in [-0.2, -0.15) is 4.98 Å². The summed E-state index contributed by atoms with van der Waals surface area (Å²) in [6.45, 7) is 0. The summed E-state index contributed by atoms with van der Waals surface area (Å²) in [5, 5.41) is 6.05. The number of nitrogens with zero attached hydrogens (tertiary/aromatic N) is 2. The Kier molecular flexibility index (Phi) is 2.49. The Morgan fingerprint density at radius 3 is 3.06 bits per heavy atom. The van der Waals surface area contributed by atoms with E-state index in [1.54, 1.807) is 11.3 Å². The lowest BCUT2D eigenvalue weighted by Gasteiger charge is -2.09. The Labute approximate surface area is 97.5 Å². The van der Waals surface area contributed by atoms with Crippen LogP contribution in [0.5, 0.6) is 0 Å². The zero-order valence-electron chi connectivity index (χ0n) is 8.80. The van der Waals surface area contributed by atoms with E-state index in [0.717, 1.165) is 30.0 Å². The first kappa shape index (κ1) is 9.99. The molecule has 2 N–H and O–H groups in total. The van der Waals surface area contributed by atoms with E-state index in [-0.39, 0.29) is 12.0 Å². The van der Waals surface area contributed by atoms with E-state index in [1.165, 1.54) is 0 Å². The topological polar surface area (TPSA) is 64.9 Å². The lowest BCUT2D eigenvalue weighted by Crippen LogP contribution is -2.23. The van der Waals surface area contributed by atoms with E-state index in [1.807, 2.05) is 17.5 Å². The predicted molar refractivity (Wildman–Crippen MR) is 62.2 cm³/mol. The second-order valence-corrected chi connectivity index (χ2v) is 5.08. The number of aromatic nitrogens is 2. The molecule has 2 aromatic rings. The van der Waals surface area contributed by atoms with Crippen molar-refractivity contribution in [1.82, 2.24) is 10.1 Å². The molecule has 0 unspecified atom stereocenters. The van der Waals surface area contributed by atoms with Crippen LogP contribution in [-0.4, -0.2) is 16.2 Å².